The Labute approximate surface area is 277 Å². The van der Waals surface area contributed by atoms with Gasteiger partial charge in [-0.1, -0.05) is 36.4 Å². The third-order valence-corrected chi connectivity index (χ3v) is 9.61. The monoisotopic (exact) mass is 666 g/mol. The van der Waals surface area contributed by atoms with Crippen LogP contribution in [0.25, 0.3) is 4.85 Å². The van der Waals surface area contributed by atoms with Crippen molar-refractivity contribution in [3.63, 3.8) is 0 Å². The number of carbonyl (C=O) groups is 1. The first-order valence-electron chi connectivity index (χ1n) is 16.3. The third kappa shape index (κ3) is 7.33. The summed E-state index contributed by atoms with van der Waals surface area (Å²) in [7, 11) is 2.03. The number of benzene rings is 2. The molecule has 1 unspecified atom stereocenters. The number of piperidine rings is 1. The highest BCUT2D eigenvalue weighted by atomic mass is 19.4. The lowest BCUT2D eigenvalue weighted by molar-refractivity contribution is -0.139. The van der Waals surface area contributed by atoms with Gasteiger partial charge in [0.1, 0.15) is 30.6 Å². The molecule has 3 aromatic rings. The number of aromatic nitrogens is 2. The number of hydrogen-bond acceptors (Lipinski definition) is 7. The Bertz CT molecular complexity index is 1650. The molecule has 3 aliphatic heterocycles. The highest BCUT2D eigenvalue weighted by molar-refractivity contribution is 5.68. The molecule has 6 rings (SSSR count). The van der Waals surface area contributed by atoms with Gasteiger partial charge < -0.3 is 24.1 Å². The van der Waals surface area contributed by atoms with E-state index in [1.54, 1.807) is 4.90 Å². The van der Waals surface area contributed by atoms with Gasteiger partial charge in [0.25, 0.3) is 0 Å². The Balaban J connectivity index is 1.27. The summed E-state index contributed by atoms with van der Waals surface area (Å²) in [6.45, 7) is 9.71. The van der Waals surface area contributed by atoms with Crippen molar-refractivity contribution in [3.05, 3.63) is 93.8 Å². The highest BCUT2D eigenvalue weighted by Crippen LogP contribution is 2.41. The van der Waals surface area contributed by atoms with Gasteiger partial charge in [-0.05, 0) is 69.0 Å². The largest absolute Gasteiger partial charge is 0.462 e. The lowest BCUT2D eigenvalue weighted by Gasteiger charge is -2.38. The van der Waals surface area contributed by atoms with Gasteiger partial charge in [-0.3, -0.25) is 4.90 Å². The van der Waals surface area contributed by atoms with E-state index in [1.165, 1.54) is 17.0 Å². The molecule has 4 heterocycles. The number of anilines is 1. The van der Waals surface area contributed by atoms with E-state index in [-0.39, 0.29) is 49.9 Å². The van der Waals surface area contributed by atoms with Crippen LogP contribution in [-0.4, -0.2) is 77.8 Å². The van der Waals surface area contributed by atoms with Gasteiger partial charge in [0.2, 0.25) is 6.54 Å². The van der Waals surface area contributed by atoms with E-state index in [4.69, 9.17) is 26.0 Å². The molecule has 0 bridgehead atoms. The second-order valence-electron chi connectivity index (χ2n) is 12.7. The van der Waals surface area contributed by atoms with E-state index in [0.29, 0.717) is 38.1 Å². The van der Waals surface area contributed by atoms with Crippen molar-refractivity contribution in [1.82, 2.24) is 19.8 Å². The number of rotatable bonds is 8. The van der Waals surface area contributed by atoms with Gasteiger partial charge in [-0.25, -0.2) is 15.8 Å². The van der Waals surface area contributed by atoms with Crippen LogP contribution in [0.1, 0.15) is 59.7 Å². The molecule has 48 heavy (non-hydrogen) atoms. The molecule has 1 amide bonds. The Hall–Kier alpha value is -4.44. The van der Waals surface area contributed by atoms with Crippen molar-refractivity contribution in [2.24, 2.45) is 0 Å². The summed E-state index contributed by atoms with van der Waals surface area (Å²) in [5.74, 6) is -1.46. The predicted molar refractivity (Wildman–Crippen MR) is 170 cm³/mol. The molecule has 254 valence electrons. The van der Waals surface area contributed by atoms with Gasteiger partial charge in [0, 0.05) is 25.0 Å². The molecule has 0 aliphatic carbocycles. The van der Waals surface area contributed by atoms with Gasteiger partial charge in [-0.2, -0.15) is 23.1 Å². The SMILES string of the molecule is [C-]#[N+]C[C@H]1CC(c2nc(OC[C@@H]3CCCN3C)nc3c2CCN(c2cccc(F)c2C(F)(F)F)C3)CCN1C(=O)OCc1ccccc1. The number of amides is 1. The van der Waals surface area contributed by atoms with E-state index >= 15 is 0 Å². The van der Waals surface area contributed by atoms with Crippen LogP contribution in [0.5, 0.6) is 6.01 Å². The second-order valence-corrected chi connectivity index (χ2v) is 12.7. The summed E-state index contributed by atoms with van der Waals surface area (Å²) in [5.41, 5.74) is 1.43. The molecule has 2 fully saturated rings. The van der Waals surface area contributed by atoms with Crippen molar-refractivity contribution in [1.29, 1.82) is 0 Å². The third-order valence-electron chi connectivity index (χ3n) is 9.61. The first-order valence-corrected chi connectivity index (χ1v) is 16.3. The molecule has 2 aromatic carbocycles. The van der Waals surface area contributed by atoms with Gasteiger partial charge >= 0.3 is 18.3 Å². The Morgan fingerprint density at radius 2 is 1.85 bits per heavy atom. The molecule has 0 spiro atoms. The molecule has 9 nitrogen and oxygen atoms in total. The maximum Gasteiger partial charge on any atom is 0.421 e. The first-order chi connectivity index (χ1) is 23.1. The number of nitrogens with zero attached hydrogens (tertiary/aromatic N) is 6. The number of likely N-dealkylation sites (N-methyl/N-ethyl adjacent to an activating group) is 1. The minimum Gasteiger partial charge on any atom is -0.462 e. The van der Waals surface area contributed by atoms with E-state index in [1.807, 2.05) is 37.4 Å². The summed E-state index contributed by atoms with van der Waals surface area (Å²) < 4.78 is 68.1. The molecule has 2 saturated heterocycles. The average molecular weight is 667 g/mol. The summed E-state index contributed by atoms with van der Waals surface area (Å²) in [4.78, 5) is 31.7. The maximum absolute atomic E-state index is 14.5. The quantitative estimate of drug-likeness (QED) is 0.202. The van der Waals surface area contributed by atoms with Crippen molar-refractivity contribution in [3.8, 4) is 6.01 Å². The van der Waals surface area contributed by atoms with E-state index < -0.39 is 29.7 Å². The van der Waals surface area contributed by atoms with Gasteiger partial charge in [-0.15, -0.1) is 0 Å². The van der Waals surface area contributed by atoms with Crippen LogP contribution >= 0.6 is 0 Å². The summed E-state index contributed by atoms with van der Waals surface area (Å²) in [6.07, 6.45) is -1.97. The van der Waals surface area contributed by atoms with Crippen molar-refractivity contribution in [2.75, 3.05) is 44.7 Å². The van der Waals surface area contributed by atoms with Crippen LogP contribution in [0.15, 0.2) is 48.5 Å². The Morgan fingerprint density at radius 1 is 1.04 bits per heavy atom. The zero-order chi connectivity index (χ0) is 33.8. The number of halogens is 4. The lowest BCUT2D eigenvalue weighted by atomic mass is 9.84. The number of carbonyl (C=O) groups excluding carboxylic acids is 1. The molecule has 0 radical (unpaired) electrons. The van der Waals surface area contributed by atoms with Crippen LogP contribution in [-0.2, 0) is 30.5 Å². The van der Waals surface area contributed by atoms with Crippen molar-refractivity contribution < 1.29 is 31.8 Å². The van der Waals surface area contributed by atoms with Crippen LogP contribution in [0.4, 0.5) is 28.0 Å². The second kappa shape index (κ2) is 14.4. The standard InChI is InChI=1S/C35H38F4N6O3/c1-40-19-26-18-24(13-17-45(26)34(46)48-21-23-8-4-3-5-9-23)32-27-14-16-44(30-12-6-11-28(36)31(30)35(37,38)39)20-29(27)41-33(42-32)47-22-25-10-7-15-43(25)2/h3-6,8-9,11-12,24-26H,7,10,13-22H2,2H3/t24?,25-,26+/m0/s1. The Kier molecular flexibility index (Phi) is 10.0. The van der Waals surface area contributed by atoms with Crippen LogP contribution in [0.3, 0.4) is 0 Å². The number of fused-ring (bicyclic) bond motifs is 1. The fraction of sp³-hybridized carbons (Fsp3) is 0.486. The van der Waals surface area contributed by atoms with E-state index in [2.05, 4.69) is 9.74 Å². The van der Waals surface area contributed by atoms with E-state index in [0.717, 1.165) is 42.3 Å². The number of alkyl halides is 3. The minimum absolute atomic E-state index is 0.0210. The maximum atomic E-state index is 14.5. The smallest absolute Gasteiger partial charge is 0.421 e. The molecule has 13 heteroatoms. The average Bonchev–Trinajstić information content (AvgIpc) is 3.49. The van der Waals surface area contributed by atoms with Gasteiger partial charge in [0.15, 0.2) is 0 Å². The van der Waals surface area contributed by atoms with E-state index in [9.17, 15) is 22.4 Å². The predicted octanol–water partition coefficient (Wildman–Crippen LogP) is 6.47. The molecule has 0 N–H and O–H groups in total. The summed E-state index contributed by atoms with van der Waals surface area (Å²) in [6, 6.07) is 12.7. The molecule has 1 aromatic heterocycles. The number of likely N-dealkylation sites (tertiary alicyclic amines) is 2. The highest BCUT2D eigenvalue weighted by Gasteiger charge is 2.41. The number of hydrogen-bond donors (Lipinski definition) is 0. The number of ether oxygens (including phenoxy) is 2. The fourth-order valence-corrected chi connectivity index (χ4v) is 7.08. The summed E-state index contributed by atoms with van der Waals surface area (Å²) >= 11 is 0. The zero-order valence-corrected chi connectivity index (χ0v) is 26.8. The van der Waals surface area contributed by atoms with Crippen molar-refractivity contribution in [2.45, 2.75) is 69.4 Å². The molecular weight excluding hydrogens is 628 g/mol. The van der Waals surface area contributed by atoms with Crippen LogP contribution in [0.2, 0.25) is 0 Å². The van der Waals surface area contributed by atoms with Crippen LogP contribution in [0, 0.1) is 12.4 Å². The topological polar surface area (TPSA) is 75.4 Å². The summed E-state index contributed by atoms with van der Waals surface area (Å²) in [5, 5.41) is 0. The fourth-order valence-electron chi connectivity index (χ4n) is 7.08. The molecule has 3 atom stereocenters. The Morgan fingerprint density at radius 3 is 2.58 bits per heavy atom. The minimum atomic E-state index is -4.87. The normalized spacial score (nSPS) is 21.5. The van der Waals surface area contributed by atoms with Crippen molar-refractivity contribution >= 4 is 11.8 Å². The van der Waals surface area contributed by atoms with Crippen LogP contribution < -0.4 is 9.64 Å². The molecule has 3 aliphatic rings. The molecular formula is C35H38F4N6O3. The lowest BCUT2D eigenvalue weighted by Crippen LogP contribution is -2.47. The van der Waals surface area contributed by atoms with Gasteiger partial charge in [0.05, 0.1) is 23.6 Å². The zero-order valence-electron chi connectivity index (χ0n) is 26.8. The first kappa shape index (κ1) is 33.5. The molecule has 0 saturated carbocycles.